The standard InChI is InChI=1S/C17H22ClNO/c1-13-6-3-9-16(14(13)2)19-10-4-7-15(8-5-11-19)17(20)12-18/h3,6-7,9H,4-5,8,10-12H2,1-2H3/b15-7-. The van der Waals surface area contributed by atoms with Gasteiger partial charge < -0.3 is 4.90 Å². The van der Waals surface area contributed by atoms with Crippen molar-refractivity contribution in [2.45, 2.75) is 33.1 Å². The first kappa shape index (κ1) is 15.1. The highest BCUT2D eigenvalue weighted by Crippen LogP contribution is 2.25. The van der Waals surface area contributed by atoms with Crippen molar-refractivity contribution in [2.24, 2.45) is 0 Å². The summed E-state index contributed by atoms with van der Waals surface area (Å²) < 4.78 is 0. The third kappa shape index (κ3) is 3.43. The lowest BCUT2D eigenvalue weighted by atomic mass is 10.0. The summed E-state index contributed by atoms with van der Waals surface area (Å²) >= 11 is 5.64. The van der Waals surface area contributed by atoms with Crippen molar-refractivity contribution in [2.75, 3.05) is 23.9 Å². The van der Waals surface area contributed by atoms with Crippen LogP contribution in [0.15, 0.2) is 29.8 Å². The number of rotatable bonds is 3. The van der Waals surface area contributed by atoms with Gasteiger partial charge in [-0.3, -0.25) is 4.79 Å². The number of carbonyl (C=O) groups excluding carboxylic acids is 1. The molecule has 1 aromatic rings. The van der Waals surface area contributed by atoms with E-state index in [4.69, 9.17) is 11.6 Å². The SMILES string of the molecule is Cc1cccc(N2CC/C=C(\C(=O)CCl)CCC2)c1C. The number of anilines is 1. The summed E-state index contributed by atoms with van der Waals surface area (Å²) in [5, 5.41) is 0. The van der Waals surface area contributed by atoms with Gasteiger partial charge in [-0.2, -0.15) is 0 Å². The number of allylic oxidation sites excluding steroid dienone is 1. The predicted molar refractivity (Wildman–Crippen MR) is 85.8 cm³/mol. The Kier molecular flexibility index (Phi) is 5.24. The van der Waals surface area contributed by atoms with E-state index in [-0.39, 0.29) is 11.7 Å². The summed E-state index contributed by atoms with van der Waals surface area (Å²) in [5.74, 6) is 0.193. The minimum Gasteiger partial charge on any atom is -0.371 e. The maximum Gasteiger partial charge on any atom is 0.173 e. The van der Waals surface area contributed by atoms with E-state index in [1.807, 2.05) is 0 Å². The zero-order valence-electron chi connectivity index (χ0n) is 12.3. The number of nitrogens with zero attached hydrogens (tertiary/aromatic N) is 1. The average molecular weight is 292 g/mol. The van der Waals surface area contributed by atoms with Crippen molar-refractivity contribution < 1.29 is 4.79 Å². The van der Waals surface area contributed by atoms with Gasteiger partial charge in [0.15, 0.2) is 5.78 Å². The monoisotopic (exact) mass is 291 g/mol. The van der Waals surface area contributed by atoms with E-state index in [9.17, 15) is 4.79 Å². The van der Waals surface area contributed by atoms with Crippen LogP contribution in [0.2, 0.25) is 0 Å². The molecule has 1 aliphatic rings. The van der Waals surface area contributed by atoms with E-state index in [2.05, 4.69) is 43.0 Å². The zero-order chi connectivity index (χ0) is 14.5. The van der Waals surface area contributed by atoms with Gasteiger partial charge in [-0.25, -0.2) is 0 Å². The fourth-order valence-electron chi connectivity index (χ4n) is 2.73. The van der Waals surface area contributed by atoms with Crippen LogP contribution in [0.1, 0.15) is 30.4 Å². The Hall–Kier alpha value is -1.28. The fraction of sp³-hybridized carbons (Fsp3) is 0.471. The molecule has 0 saturated carbocycles. The normalized spacial score (nSPS) is 18.9. The van der Waals surface area contributed by atoms with Crippen LogP contribution in [0.4, 0.5) is 5.69 Å². The minimum absolute atomic E-state index is 0.0897. The molecule has 2 nitrogen and oxygen atoms in total. The van der Waals surface area contributed by atoms with Gasteiger partial charge in [-0.05, 0) is 55.9 Å². The van der Waals surface area contributed by atoms with Crippen LogP contribution in [0.5, 0.6) is 0 Å². The number of halogens is 1. The molecule has 0 spiro atoms. The number of hydrogen-bond donors (Lipinski definition) is 0. The highest BCUT2D eigenvalue weighted by Gasteiger charge is 2.15. The molecular weight excluding hydrogens is 270 g/mol. The number of carbonyl (C=O) groups is 1. The van der Waals surface area contributed by atoms with Crippen molar-refractivity contribution >= 4 is 23.1 Å². The van der Waals surface area contributed by atoms with Crippen LogP contribution in [0.25, 0.3) is 0 Å². The van der Waals surface area contributed by atoms with E-state index >= 15 is 0 Å². The lowest BCUT2D eigenvalue weighted by Gasteiger charge is -2.28. The van der Waals surface area contributed by atoms with Crippen LogP contribution in [-0.4, -0.2) is 24.8 Å². The molecule has 3 heteroatoms. The average Bonchev–Trinajstić information content (AvgIpc) is 2.42. The van der Waals surface area contributed by atoms with E-state index in [1.165, 1.54) is 16.8 Å². The molecule has 1 aliphatic heterocycles. The molecule has 2 rings (SSSR count). The lowest BCUT2D eigenvalue weighted by Crippen LogP contribution is -2.28. The molecule has 0 saturated heterocycles. The van der Waals surface area contributed by atoms with Crippen molar-refractivity contribution in [1.29, 1.82) is 0 Å². The third-order valence-electron chi connectivity index (χ3n) is 4.06. The van der Waals surface area contributed by atoms with Crippen LogP contribution in [0, 0.1) is 13.8 Å². The second-order valence-corrected chi connectivity index (χ2v) is 5.65. The predicted octanol–water partition coefficient (Wildman–Crippen LogP) is 4.03. The molecule has 1 aromatic carbocycles. The van der Waals surface area contributed by atoms with E-state index in [0.717, 1.165) is 37.9 Å². The van der Waals surface area contributed by atoms with Crippen molar-refractivity contribution in [1.82, 2.24) is 0 Å². The number of aryl methyl sites for hydroxylation is 1. The fourth-order valence-corrected chi connectivity index (χ4v) is 2.90. The van der Waals surface area contributed by atoms with Gasteiger partial charge in [0.2, 0.25) is 0 Å². The highest BCUT2D eigenvalue weighted by molar-refractivity contribution is 6.30. The number of ketones is 1. The molecule has 0 aliphatic carbocycles. The molecule has 0 atom stereocenters. The summed E-state index contributed by atoms with van der Waals surface area (Å²) in [4.78, 5) is 14.1. The summed E-state index contributed by atoms with van der Waals surface area (Å²) in [6.45, 7) is 6.29. The highest BCUT2D eigenvalue weighted by atomic mass is 35.5. The Labute approximate surface area is 126 Å². The Bertz CT molecular complexity index is 522. The Morgan fingerprint density at radius 1 is 1.30 bits per heavy atom. The van der Waals surface area contributed by atoms with Gasteiger partial charge in [-0.15, -0.1) is 11.6 Å². The Morgan fingerprint density at radius 2 is 2.10 bits per heavy atom. The number of benzene rings is 1. The van der Waals surface area contributed by atoms with E-state index < -0.39 is 0 Å². The molecule has 0 N–H and O–H groups in total. The van der Waals surface area contributed by atoms with Crippen molar-refractivity contribution in [3.05, 3.63) is 41.0 Å². The molecule has 0 bridgehead atoms. The van der Waals surface area contributed by atoms with Crippen molar-refractivity contribution in [3.63, 3.8) is 0 Å². The van der Waals surface area contributed by atoms with Gasteiger partial charge in [0, 0.05) is 18.8 Å². The second-order valence-electron chi connectivity index (χ2n) is 5.38. The summed E-state index contributed by atoms with van der Waals surface area (Å²) in [6, 6.07) is 6.47. The number of Topliss-reactive ketones (excluding diaryl/α,β-unsaturated/α-hetero) is 1. The topological polar surface area (TPSA) is 20.3 Å². The molecule has 0 aromatic heterocycles. The Balaban J connectivity index is 2.12. The molecule has 108 valence electrons. The van der Waals surface area contributed by atoms with E-state index in [0.29, 0.717) is 0 Å². The van der Waals surface area contributed by atoms with Gasteiger partial charge in [-0.1, -0.05) is 18.2 Å². The first-order valence-electron chi connectivity index (χ1n) is 7.23. The molecule has 0 unspecified atom stereocenters. The van der Waals surface area contributed by atoms with Gasteiger partial charge in [0.25, 0.3) is 0 Å². The first-order chi connectivity index (χ1) is 9.63. The summed E-state index contributed by atoms with van der Waals surface area (Å²) in [5.41, 5.74) is 4.93. The minimum atomic E-state index is 0.0897. The summed E-state index contributed by atoms with van der Waals surface area (Å²) in [6.07, 6.45) is 4.82. The summed E-state index contributed by atoms with van der Waals surface area (Å²) in [7, 11) is 0. The van der Waals surface area contributed by atoms with Crippen LogP contribution < -0.4 is 4.90 Å². The first-order valence-corrected chi connectivity index (χ1v) is 7.76. The maximum atomic E-state index is 11.7. The third-order valence-corrected chi connectivity index (χ3v) is 4.30. The molecule has 1 heterocycles. The molecule has 20 heavy (non-hydrogen) atoms. The lowest BCUT2D eigenvalue weighted by molar-refractivity contribution is -0.113. The smallest absolute Gasteiger partial charge is 0.173 e. The molecule has 0 fully saturated rings. The van der Waals surface area contributed by atoms with Crippen molar-refractivity contribution in [3.8, 4) is 0 Å². The van der Waals surface area contributed by atoms with E-state index in [1.54, 1.807) is 0 Å². The molecule has 0 amide bonds. The van der Waals surface area contributed by atoms with Gasteiger partial charge in [0.05, 0.1) is 5.88 Å². The quantitative estimate of drug-likeness (QED) is 0.784. The number of alkyl halides is 1. The van der Waals surface area contributed by atoms with Gasteiger partial charge >= 0.3 is 0 Å². The van der Waals surface area contributed by atoms with Crippen LogP contribution in [0.3, 0.4) is 0 Å². The molecular formula is C17H22ClNO. The van der Waals surface area contributed by atoms with Crippen LogP contribution in [-0.2, 0) is 4.79 Å². The molecule has 0 radical (unpaired) electrons. The zero-order valence-corrected chi connectivity index (χ0v) is 13.0. The number of hydrogen-bond acceptors (Lipinski definition) is 2. The van der Waals surface area contributed by atoms with Gasteiger partial charge in [0.1, 0.15) is 0 Å². The van der Waals surface area contributed by atoms with Crippen LogP contribution >= 0.6 is 11.6 Å². The second kappa shape index (κ2) is 6.94. The Morgan fingerprint density at radius 3 is 2.85 bits per heavy atom. The maximum absolute atomic E-state index is 11.7. The largest absolute Gasteiger partial charge is 0.371 e.